The van der Waals surface area contributed by atoms with Crippen LogP contribution in [-0.2, 0) is 22.5 Å². The summed E-state index contributed by atoms with van der Waals surface area (Å²) in [6.07, 6.45) is 1.12. The molecule has 0 radical (unpaired) electrons. The molecule has 6 heteroatoms. The van der Waals surface area contributed by atoms with Crippen LogP contribution >= 0.6 is 0 Å². The van der Waals surface area contributed by atoms with Gasteiger partial charge in [0.25, 0.3) is 0 Å². The van der Waals surface area contributed by atoms with E-state index in [2.05, 4.69) is 24.0 Å². The Kier molecular flexibility index (Phi) is 8.74. The zero-order valence-electron chi connectivity index (χ0n) is 18.9. The Morgan fingerprint density at radius 1 is 1.03 bits per heavy atom. The number of ether oxygens (including phenoxy) is 3. The Balaban J connectivity index is 1.67. The first-order chi connectivity index (χ1) is 15.1. The van der Waals surface area contributed by atoms with Crippen LogP contribution in [0.5, 0.6) is 11.5 Å². The maximum Gasteiger partial charge on any atom is 0.223 e. The lowest BCUT2D eigenvalue weighted by molar-refractivity contribution is -0.134. The number of nitrogens with zero attached hydrogens (tertiary/aromatic N) is 2. The fraction of sp³-hybridized carbons (Fsp3) is 0.480. The van der Waals surface area contributed by atoms with Crippen LogP contribution in [0.2, 0.25) is 0 Å². The highest BCUT2D eigenvalue weighted by atomic mass is 16.5. The van der Waals surface area contributed by atoms with Crippen LogP contribution in [0.1, 0.15) is 24.5 Å². The summed E-state index contributed by atoms with van der Waals surface area (Å²) in [5, 5.41) is 0. The summed E-state index contributed by atoms with van der Waals surface area (Å²) in [7, 11) is 3.25. The van der Waals surface area contributed by atoms with E-state index in [4.69, 9.17) is 14.2 Å². The minimum Gasteiger partial charge on any atom is -0.493 e. The molecule has 0 N–H and O–H groups in total. The van der Waals surface area contributed by atoms with Gasteiger partial charge >= 0.3 is 0 Å². The lowest BCUT2D eigenvalue weighted by Gasteiger charge is -2.35. The highest BCUT2D eigenvalue weighted by Gasteiger charge is 2.23. The van der Waals surface area contributed by atoms with Crippen molar-refractivity contribution in [3.8, 4) is 11.5 Å². The lowest BCUT2D eigenvalue weighted by Crippen LogP contribution is -2.48. The van der Waals surface area contributed by atoms with Gasteiger partial charge in [-0.15, -0.1) is 0 Å². The van der Waals surface area contributed by atoms with Gasteiger partial charge in [-0.05, 0) is 36.6 Å². The first kappa shape index (κ1) is 23.1. The second kappa shape index (κ2) is 11.7. The molecule has 3 rings (SSSR count). The first-order valence-electron chi connectivity index (χ1n) is 10.9. The Morgan fingerprint density at radius 2 is 1.74 bits per heavy atom. The molecular weight excluding hydrogens is 392 g/mol. The van der Waals surface area contributed by atoms with Gasteiger partial charge in [-0.25, -0.2) is 0 Å². The lowest BCUT2D eigenvalue weighted by atomic mass is 10.1. The summed E-state index contributed by atoms with van der Waals surface area (Å²) in [6, 6.07) is 16.2. The van der Waals surface area contributed by atoms with Crippen molar-refractivity contribution in [3.63, 3.8) is 0 Å². The molecule has 1 saturated heterocycles. The molecule has 6 nitrogen and oxygen atoms in total. The van der Waals surface area contributed by atoms with Crippen molar-refractivity contribution < 1.29 is 19.0 Å². The van der Waals surface area contributed by atoms with Crippen LogP contribution in [-0.4, -0.2) is 68.8 Å². The van der Waals surface area contributed by atoms with Crippen molar-refractivity contribution in [2.24, 2.45) is 0 Å². The summed E-state index contributed by atoms with van der Waals surface area (Å²) >= 11 is 0. The molecule has 1 unspecified atom stereocenters. The van der Waals surface area contributed by atoms with E-state index in [0.29, 0.717) is 30.9 Å². The topological polar surface area (TPSA) is 51.2 Å². The predicted octanol–water partition coefficient (Wildman–Crippen LogP) is 3.39. The highest BCUT2D eigenvalue weighted by Crippen LogP contribution is 2.28. The van der Waals surface area contributed by atoms with Crippen molar-refractivity contribution >= 4 is 5.91 Å². The second-order valence-corrected chi connectivity index (χ2v) is 7.96. The maximum absolute atomic E-state index is 13.3. The number of hydrogen-bond donors (Lipinski definition) is 0. The van der Waals surface area contributed by atoms with Crippen molar-refractivity contribution in [2.75, 3.05) is 47.1 Å². The average molecular weight is 427 g/mol. The molecule has 1 aliphatic rings. The molecule has 1 amide bonds. The van der Waals surface area contributed by atoms with Crippen LogP contribution in [0.25, 0.3) is 0 Å². The number of benzene rings is 2. The Bertz CT molecular complexity index is 822. The summed E-state index contributed by atoms with van der Waals surface area (Å²) in [5.74, 6) is 1.55. The fourth-order valence-electron chi connectivity index (χ4n) is 3.96. The van der Waals surface area contributed by atoms with Crippen LogP contribution in [0.4, 0.5) is 0 Å². The third-order valence-corrected chi connectivity index (χ3v) is 5.75. The normalized spacial score (nSPS) is 15.3. The zero-order valence-corrected chi connectivity index (χ0v) is 18.9. The molecule has 0 aromatic heterocycles. The molecule has 31 heavy (non-hydrogen) atoms. The van der Waals surface area contributed by atoms with E-state index in [-0.39, 0.29) is 11.9 Å². The van der Waals surface area contributed by atoms with Crippen molar-refractivity contribution in [1.82, 2.24) is 9.80 Å². The number of morpholine rings is 1. The summed E-state index contributed by atoms with van der Waals surface area (Å²) in [5.41, 5.74) is 2.21. The molecule has 168 valence electrons. The van der Waals surface area contributed by atoms with E-state index in [0.717, 1.165) is 44.0 Å². The van der Waals surface area contributed by atoms with Gasteiger partial charge in [-0.1, -0.05) is 36.4 Å². The smallest absolute Gasteiger partial charge is 0.223 e. The minimum atomic E-state index is 0.121. The molecule has 1 aliphatic heterocycles. The Hall–Kier alpha value is -2.57. The van der Waals surface area contributed by atoms with E-state index >= 15 is 0 Å². The first-order valence-corrected chi connectivity index (χ1v) is 10.9. The quantitative estimate of drug-likeness (QED) is 0.583. The molecule has 0 aliphatic carbocycles. The molecule has 0 saturated carbocycles. The summed E-state index contributed by atoms with van der Waals surface area (Å²) in [4.78, 5) is 17.7. The van der Waals surface area contributed by atoms with E-state index < -0.39 is 0 Å². The molecule has 0 bridgehead atoms. The molecule has 2 aromatic rings. The van der Waals surface area contributed by atoms with Gasteiger partial charge in [0.1, 0.15) is 0 Å². The van der Waals surface area contributed by atoms with Crippen molar-refractivity contribution in [2.45, 2.75) is 32.4 Å². The van der Waals surface area contributed by atoms with Gasteiger partial charge in [-0.2, -0.15) is 0 Å². The number of rotatable bonds is 10. The van der Waals surface area contributed by atoms with Gasteiger partial charge in [-0.3, -0.25) is 9.69 Å². The number of carbonyl (C=O) groups is 1. The van der Waals surface area contributed by atoms with E-state index in [1.54, 1.807) is 14.2 Å². The standard InChI is InChI=1S/C25H34N2O4/c1-20(18-26-13-15-31-16-14-26)27(19-22-7-5-4-6-8-22)25(28)12-10-21-9-11-23(29-2)24(17-21)30-3/h4-9,11,17,20H,10,12-16,18-19H2,1-3H3. The van der Waals surface area contributed by atoms with E-state index in [1.807, 2.05) is 41.3 Å². The van der Waals surface area contributed by atoms with Crippen LogP contribution in [0, 0.1) is 0 Å². The van der Waals surface area contributed by atoms with Gasteiger partial charge in [0, 0.05) is 38.6 Å². The highest BCUT2D eigenvalue weighted by molar-refractivity contribution is 5.77. The molecule has 0 spiro atoms. The molecule has 2 aromatic carbocycles. The van der Waals surface area contributed by atoms with Gasteiger partial charge in [0.2, 0.25) is 5.91 Å². The Labute approximate surface area is 185 Å². The number of hydrogen-bond acceptors (Lipinski definition) is 5. The number of methoxy groups -OCH3 is 2. The zero-order chi connectivity index (χ0) is 22.1. The van der Waals surface area contributed by atoms with Gasteiger partial charge in [0.05, 0.1) is 27.4 Å². The van der Waals surface area contributed by atoms with Crippen molar-refractivity contribution in [1.29, 1.82) is 0 Å². The molecule has 1 fully saturated rings. The second-order valence-electron chi connectivity index (χ2n) is 7.96. The number of amides is 1. The van der Waals surface area contributed by atoms with Crippen LogP contribution in [0.15, 0.2) is 48.5 Å². The summed E-state index contributed by atoms with van der Waals surface area (Å²) in [6.45, 7) is 6.99. The predicted molar refractivity (Wildman–Crippen MR) is 122 cm³/mol. The number of aryl methyl sites for hydroxylation is 1. The molecular formula is C25H34N2O4. The number of carbonyl (C=O) groups excluding carboxylic acids is 1. The third-order valence-electron chi connectivity index (χ3n) is 5.75. The maximum atomic E-state index is 13.3. The van der Waals surface area contributed by atoms with Crippen LogP contribution in [0.3, 0.4) is 0 Å². The minimum absolute atomic E-state index is 0.121. The van der Waals surface area contributed by atoms with E-state index in [1.165, 1.54) is 0 Å². The third kappa shape index (κ3) is 6.71. The largest absolute Gasteiger partial charge is 0.493 e. The van der Waals surface area contributed by atoms with Gasteiger partial charge < -0.3 is 19.1 Å². The van der Waals surface area contributed by atoms with Crippen molar-refractivity contribution in [3.05, 3.63) is 59.7 Å². The fourth-order valence-corrected chi connectivity index (χ4v) is 3.96. The van der Waals surface area contributed by atoms with Gasteiger partial charge in [0.15, 0.2) is 11.5 Å². The van der Waals surface area contributed by atoms with E-state index in [9.17, 15) is 4.79 Å². The Morgan fingerprint density at radius 3 is 2.42 bits per heavy atom. The SMILES string of the molecule is COc1ccc(CCC(=O)N(Cc2ccccc2)C(C)CN2CCOCC2)cc1OC. The monoisotopic (exact) mass is 426 g/mol. The molecule has 1 heterocycles. The summed E-state index contributed by atoms with van der Waals surface area (Å²) < 4.78 is 16.2. The van der Waals surface area contributed by atoms with Crippen LogP contribution < -0.4 is 9.47 Å². The average Bonchev–Trinajstić information content (AvgIpc) is 2.82. The molecule has 1 atom stereocenters.